The maximum Gasteiger partial charge on any atom is 0.223 e. The first kappa shape index (κ1) is 12.4. The first-order chi connectivity index (χ1) is 9.15. The van der Waals surface area contributed by atoms with Crippen molar-refractivity contribution < 1.29 is 10.2 Å². The Hall–Kier alpha value is -1.64. The fraction of sp³-hybridized carbons (Fsp3) is 0.500. The van der Waals surface area contributed by atoms with Crippen LogP contribution in [-0.2, 0) is 0 Å². The van der Waals surface area contributed by atoms with Crippen LogP contribution < -0.4 is 10.7 Å². The molecular weight excluding hydrogens is 272 g/mol. The van der Waals surface area contributed by atoms with Gasteiger partial charge in [0, 0.05) is 19.1 Å². The standard InChI is InChI=1S/C10H13ClN6O2/c11-8-7-9(15-10(12)14-8)17(4-13-7)16-1-5(2-18)6(16)3-19/h4-6,18-19H,1-3H2,(H2,12,14,15). The number of nitrogens with zero attached hydrogens (tertiary/aromatic N) is 5. The summed E-state index contributed by atoms with van der Waals surface area (Å²) >= 11 is 5.95. The van der Waals surface area contributed by atoms with Gasteiger partial charge in [0.2, 0.25) is 5.95 Å². The smallest absolute Gasteiger partial charge is 0.223 e. The average molecular weight is 285 g/mol. The molecule has 3 heterocycles. The molecule has 1 fully saturated rings. The van der Waals surface area contributed by atoms with Gasteiger partial charge in [-0.25, -0.2) is 9.66 Å². The number of hydrogen-bond donors (Lipinski definition) is 3. The Bertz CT molecular complexity index is 617. The summed E-state index contributed by atoms with van der Waals surface area (Å²) in [6.07, 6.45) is 1.56. The monoisotopic (exact) mass is 284 g/mol. The van der Waals surface area contributed by atoms with Crippen LogP contribution in [0.4, 0.5) is 5.95 Å². The lowest BCUT2D eigenvalue weighted by molar-refractivity contribution is 0.0900. The first-order valence-electron chi connectivity index (χ1n) is 5.80. The van der Waals surface area contributed by atoms with Crippen molar-refractivity contribution in [3.8, 4) is 0 Å². The van der Waals surface area contributed by atoms with Crippen LogP contribution in [0.1, 0.15) is 0 Å². The Balaban J connectivity index is 2.02. The van der Waals surface area contributed by atoms with Crippen LogP contribution in [0.2, 0.25) is 5.15 Å². The van der Waals surface area contributed by atoms with Gasteiger partial charge in [0.05, 0.1) is 12.6 Å². The second-order valence-electron chi connectivity index (χ2n) is 4.45. The molecule has 1 saturated heterocycles. The van der Waals surface area contributed by atoms with Crippen molar-refractivity contribution in [1.29, 1.82) is 0 Å². The van der Waals surface area contributed by atoms with E-state index in [0.717, 1.165) is 0 Å². The number of aliphatic hydroxyl groups excluding tert-OH is 2. The molecule has 2 atom stereocenters. The van der Waals surface area contributed by atoms with Crippen LogP contribution >= 0.6 is 11.6 Å². The lowest BCUT2D eigenvalue weighted by Crippen LogP contribution is -2.64. The zero-order chi connectivity index (χ0) is 13.6. The number of aromatic nitrogens is 4. The number of nitrogen functional groups attached to an aromatic ring is 1. The average Bonchev–Trinajstić information content (AvgIpc) is 2.73. The molecular formula is C10H13ClN6O2. The fourth-order valence-electron chi connectivity index (χ4n) is 2.33. The SMILES string of the molecule is Nc1nc(Cl)c2ncn(N3CC(CO)C3CO)c2n1. The highest BCUT2D eigenvalue weighted by Crippen LogP contribution is 2.26. The van der Waals surface area contributed by atoms with E-state index in [0.29, 0.717) is 17.7 Å². The summed E-state index contributed by atoms with van der Waals surface area (Å²) in [5.41, 5.74) is 6.53. The molecule has 8 nitrogen and oxygen atoms in total. The third-order valence-electron chi connectivity index (χ3n) is 3.40. The molecule has 2 aromatic rings. The third-order valence-corrected chi connectivity index (χ3v) is 3.66. The second-order valence-corrected chi connectivity index (χ2v) is 4.81. The molecule has 1 aliphatic rings. The maximum absolute atomic E-state index is 9.37. The van der Waals surface area contributed by atoms with E-state index in [9.17, 15) is 10.2 Å². The van der Waals surface area contributed by atoms with Crippen molar-refractivity contribution in [3.63, 3.8) is 0 Å². The first-order valence-corrected chi connectivity index (χ1v) is 6.18. The topological polar surface area (TPSA) is 113 Å². The molecule has 0 spiro atoms. The van der Waals surface area contributed by atoms with Gasteiger partial charge in [0.1, 0.15) is 11.8 Å². The summed E-state index contributed by atoms with van der Waals surface area (Å²) in [7, 11) is 0. The van der Waals surface area contributed by atoms with E-state index in [4.69, 9.17) is 17.3 Å². The second kappa shape index (κ2) is 4.48. The number of imidazole rings is 1. The number of rotatable bonds is 3. The zero-order valence-corrected chi connectivity index (χ0v) is 10.7. The molecule has 0 aromatic carbocycles. The Morgan fingerprint density at radius 1 is 1.37 bits per heavy atom. The summed E-state index contributed by atoms with van der Waals surface area (Å²) in [4.78, 5) is 12.1. The van der Waals surface area contributed by atoms with Crippen molar-refractivity contribution in [3.05, 3.63) is 11.5 Å². The van der Waals surface area contributed by atoms with E-state index >= 15 is 0 Å². The molecule has 0 aliphatic carbocycles. The van der Waals surface area contributed by atoms with E-state index in [2.05, 4.69) is 15.0 Å². The summed E-state index contributed by atoms with van der Waals surface area (Å²) in [5, 5.41) is 20.6. The van der Waals surface area contributed by atoms with Gasteiger partial charge in [-0.1, -0.05) is 11.6 Å². The van der Waals surface area contributed by atoms with Crippen molar-refractivity contribution in [1.82, 2.24) is 19.6 Å². The molecule has 0 radical (unpaired) electrons. The molecule has 0 saturated carbocycles. The van der Waals surface area contributed by atoms with E-state index in [1.807, 2.05) is 5.01 Å². The van der Waals surface area contributed by atoms with Crippen LogP contribution in [0, 0.1) is 5.92 Å². The van der Waals surface area contributed by atoms with Gasteiger partial charge in [-0.05, 0) is 0 Å². The highest BCUT2D eigenvalue weighted by Gasteiger charge is 2.39. The predicted molar refractivity (Wildman–Crippen MR) is 69.3 cm³/mol. The molecule has 1 aliphatic heterocycles. The molecule has 0 bridgehead atoms. The summed E-state index contributed by atoms with van der Waals surface area (Å²) in [5.74, 6) is 0.108. The highest BCUT2D eigenvalue weighted by molar-refractivity contribution is 6.33. The molecule has 0 amide bonds. The Labute approximate surface area is 113 Å². The Morgan fingerprint density at radius 3 is 2.84 bits per heavy atom. The number of aliphatic hydroxyl groups is 2. The van der Waals surface area contributed by atoms with E-state index in [1.54, 1.807) is 11.0 Å². The Kier molecular flexibility index (Phi) is 2.92. The summed E-state index contributed by atoms with van der Waals surface area (Å²) in [6, 6.07) is -0.169. The highest BCUT2D eigenvalue weighted by atomic mass is 35.5. The van der Waals surface area contributed by atoms with Gasteiger partial charge >= 0.3 is 0 Å². The van der Waals surface area contributed by atoms with Gasteiger partial charge in [-0.15, -0.1) is 0 Å². The summed E-state index contributed by atoms with van der Waals surface area (Å²) in [6.45, 7) is 0.583. The van der Waals surface area contributed by atoms with Crippen LogP contribution in [0.25, 0.3) is 11.2 Å². The molecule has 9 heteroatoms. The molecule has 19 heavy (non-hydrogen) atoms. The van der Waals surface area contributed by atoms with Gasteiger partial charge < -0.3 is 21.0 Å². The van der Waals surface area contributed by atoms with Crippen molar-refractivity contribution in [2.75, 3.05) is 30.5 Å². The third kappa shape index (κ3) is 1.79. The van der Waals surface area contributed by atoms with Crippen molar-refractivity contribution in [2.45, 2.75) is 6.04 Å². The lowest BCUT2D eigenvalue weighted by atomic mass is 9.92. The number of hydrogen-bond acceptors (Lipinski definition) is 7. The van der Waals surface area contributed by atoms with Crippen molar-refractivity contribution >= 4 is 28.7 Å². The number of anilines is 1. The van der Waals surface area contributed by atoms with Crippen LogP contribution in [0.5, 0.6) is 0 Å². The molecule has 2 aromatic heterocycles. The molecule has 4 N–H and O–H groups in total. The van der Waals surface area contributed by atoms with E-state index < -0.39 is 0 Å². The Morgan fingerprint density at radius 2 is 2.16 bits per heavy atom. The van der Waals surface area contributed by atoms with Gasteiger partial charge in [0.25, 0.3) is 0 Å². The molecule has 3 rings (SSSR count). The molecule has 2 unspecified atom stereocenters. The van der Waals surface area contributed by atoms with E-state index in [1.165, 1.54) is 0 Å². The maximum atomic E-state index is 9.37. The predicted octanol–water partition coefficient (Wildman–Crippen LogP) is -1.02. The van der Waals surface area contributed by atoms with Gasteiger partial charge in [0.15, 0.2) is 10.8 Å². The van der Waals surface area contributed by atoms with Crippen LogP contribution in [-0.4, -0.2) is 55.6 Å². The van der Waals surface area contributed by atoms with Crippen molar-refractivity contribution in [2.24, 2.45) is 5.92 Å². The summed E-state index contributed by atoms with van der Waals surface area (Å²) < 4.78 is 1.69. The minimum atomic E-state index is -0.169. The quantitative estimate of drug-likeness (QED) is 0.618. The largest absolute Gasteiger partial charge is 0.396 e. The number of fused-ring (bicyclic) bond motifs is 1. The van der Waals surface area contributed by atoms with Gasteiger partial charge in [-0.2, -0.15) is 9.97 Å². The normalized spacial score (nSPS) is 22.8. The van der Waals surface area contributed by atoms with Crippen LogP contribution in [0.3, 0.4) is 0 Å². The minimum absolute atomic E-state index is 0.0340. The molecule has 102 valence electrons. The zero-order valence-electron chi connectivity index (χ0n) is 9.94. The lowest BCUT2D eigenvalue weighted by Gasteiger charge is -2.47. The fourth-order valence-corrected chi connectivity index (χ4v) is 2.55. The van der Waals surface area contributed by atoms with Crippen LogP contribution in [0.15, 0.2) is 6.33 Å². The van der Waals surface area contributed by atoms with E-state index in [-0.39, 0.29) is 36.3 Å². The number of nitrogens with two attached hydrogens (primary N) is 1. The minimum Gasteiger partial charge on any atom is -0.396 e. The van der Waals surface area contributed by atoms with Gasteiger partial charge in [-0.3, -0.25) is 0 Å². The number of halogens is 1.